The predicted octanol–water partition coefficient (Wildman–Crippen LogP) is 5.73. The minimum Gasteiger partial charge on any atom is -0.298 e. The third-order valence-electron chi connectivity index (χ3n) is 3.70. The van der Waals surface area contributed by atoms with Crippen LogP contribution in [0.4, 0.5) is 5.13 Å². The summed E-state index contributed by atoms with van der Waals surface area (Å²) < 4.78 is 0. The molecule has 0 unspecified atom stereocenters. The lowest BCUT2D eigenvalue weighted by atomic mass is 10.0. The van der Waals surface area contributed by atoms with Crippen LogP contribution in [0.15, 0.2) is 53.9 Å². The fourth-order valence-electron chi connectivity index (χ4n) is 2.36. The van der Waals surface area contributed by atoms with Gasteiger partial charge in [0, 0.05) is 22.0 Å². The Morgan fingerprint density at radius 2 is 1.92 bits per heavy atom. The SMILES string of the molecule is Cc1ccc(C)c(-c2csc(NC(=O)/C=C/c3ccc(Cl)cc3)n2)c1. The molecule has 0 bridgehead atoms. The number of aromatic nitrogens is 1. The molecule has 0 aliphatic carbocycles. The van der Waals surface area contributed by atoms with Crippen LogP contribution in [-0.4, -0.2) is 10.9 Å². The van der Waals surface area contributed by atoms with Crippen molar-refractivity contribution in [2.45, 2.75) is 13.8 Å². The smallest absolute Gasteiger partial charge is 0.250 e. The molecule has 1 aromatic heterocycles. The second-order valence-electron chi connectivity index (χ2n) is 5.73. The molecular weight excluding hydrogens is 352 g/mol. The topological polar surface area (TPSA) is 42.0 Å². The quantitative estimate of drug-likeness (QED) is 0.597. The van der Waals surface area contributed by atoms with E-state index in [-0.39, 0.29) is 5.91 Å². The number of hydrogen-bond acceptors (Lipinski definition) is 3. The van der Waals surface area contributed by atoms with Crippen LogP contribution in [0.5, 0.6) is 0 Å². The molecule has 0 saturated carbocycles. The molecule has 0 aliphatic rings. The Morgan fingerprint density at radius 3 is 2.68 bits per heavy atom. The molecule has 0 atom stereocenters. The number of carbonyl (C=O) groups excluding carboxylic acids is 1. The van der Waals surface area contributed by atoms with Gasteiger partial charge in [0.1, 0.15) is 0 Å². The van der Waals surface area contributed by atoms with Crippen LogP contribution >= 0.6 is 22.9 Å². The minimum atomic E-state index is -0.211. The molecule has 25 heavy (non-hydrogen) atoms. The summed E-state index contributed by atoms with van der Waals surface area (Å²) in [5.74, 6) is -0.211. The van der Waals surface area contributed by atoms with Crippen LogP contribution in [0.1, 0.15) is 16.7 Å². The van der Waals surface area contributed by atoms with Crippen molar-refractivity contribution in [2.75, 3.05) is 5.32 Å². The maximum Gasteiger partial charge on any atom is 0.250 e. The molecule has 126 valence electrons. The highest BCUT2D eigenvalue weighted by atomic mass is 35.5. The number of nitrogens with zero attached hydrogens (tertiary/aromatic N) is 1. The second-order valence-corrected chi connectivity index (χ2v) is 7.02. The molecule has 2 aromatic carbocycles. The largest absolute Gasteiger partial charge is 0.298 e. The summed E-state index contributed by atoms with van der Waals surface area (Å²) >= 11 is 7.26. The van der Waals surface area contributed by atoms with Gasteiger partial charge in [0.2, 0.25) is 5.91 Å². The molecule has 1 heterocycles. The first-order chi connectivity index (χ1) is 12.0. The van der Waals surface area contributed by atoms with Gasteiger partial charge in [-0.25, -0.2) is 4.98 Å². The van der Waals surface area contributed by atoms with Gasteiger partial charge in [-0.15, -0.1) is 11.3 Å². The zero-order valence-electron chi connectivity index (χ0n) is 13.9. The lowest BCUT2D eigenvalue weighted by molar-refractivity contribution is -0.111. The highest BCUT2D eigenvalue weighted by molar-refractivity contribution is 7.14. The molecular formula is C20H17ClN2OS. The van der Waals surface area contributed by atoms with Crippen molar-refractivity contribution in [3.8, 4) is 11.3 Å². The van der Waals surface area contributed by atoms with E-state index in [4.69, 9.17) is 11.6 Å². The Labute approximate surface area is 156 Å². The lowest BCUT2D eigenvalue weighted by Crippen LogP contribution is -2.07. The van der Waals surface area contributed by atoms with E-state index in [0.29, 0.717) is 10.2 Å². The highest BCUT2D eigenvalue weighted by Crippen LogP contribution is 2.28. The molecule has 0 aliphatic heterocycles. The predicted molar refractivity (Wildman–Crippen MR) is 106 cm³/mol. The molecule has 0 saturated heterocycles. The summed E-state index contributed by atoms with van der Waals surface area (Å²) in [5.41, 5.74) is 5.23. The fourth-order valence-corrected chi connectivity index (χ4v) is 3.20. The Bertz CT molecular complexity index is 929. The van der Waals surface area contributed by atoms with E-state index in [1.165, 1.54) is 23.0 Å². The van der Waals surface area contributed by atoms with Crippen molar-refractivity contribution in [3.05, 3.63) is 75.6 Å². The number of nitrogens with one attached hydrogen (secondary N) is 1. The molecule has 3 rings (SSSR count). The van der Waals surface area contributed by atoms with Crippen LogP contribution in [0, 0.1) is 13.8 Å². The number of thiazole rings is 1. The van der Waals surface area contributed by atoms with Crippen LogP contribution in [0.25, 0.3) is 17.3 Å². The maximum atomic E-state index is 12.1. The summed E-state index contributed by atoms with van der Waals surface area (Å²) in [7, 11) is 0. The first-order valence-electron chi connectivity index (χ1n) is 7.79. The summed E-state index contributed by atoms with van der Waals surface area (Å²) in [6, 6.07) is 13.6. The number of aryl methyl sites for hydroxylation is 2. The Hall–Kier alpha value is -2.43. The molecule has 3 aromatic rings. The lowest BCUT2D eigenvalue weighted by Gasteiger charge is -2.03. The minimum absolute atomic E-state index is 0.211. The van der Waals surface area contributed by atoms with E-state index < -0.39 is 0 Å². The van der Waals surface area contributed by atoms with E-state index >= 15 is 0 Å². The number of amides is 1. The monoisotopic (exact) mass is 368 g/mol. The van der Waals surface area contributed by atoms with E-state index in [1.54, 1.807) is 18.2 Å². The summed E-state index contributed by atoms with van der Waals surface area (Å²) in [6.07, 6.45) is 3.23. The van der Waals surface area contributed by atoms with E-state index in [2.05, 4.69) is 42.3 Å². The van der Waals surface area contributed by atoms with Gasteiger partial charge >= 0.3 is 0 Å². The first kappa shape index (κ1) is 17.4. The van der Waals surface area contributed by atoms with Crippen molar-refractivity contribution < 1.29 is 4.79 Å². The van der Waals surface area contributed by atoms with Crippen molar-refractivity contribution in [1.82, 2.24) is 4.98 Å². The number of halogens is 1. The average molecular weight is 369 g/mol. The van der Waals surface area contributed by atoms with Gasteiger partial charge in [0.05, 0.1) is 5.69 Å². The van der Waals surface area contributed by atoms with Crippen molar-refractivity contribution in [1.29, 1.82) is 0 Å². The third-order valence-corrected chi connectivity index (χ3v) is 4.71. The molecule has 5 heteroatoms. The van der Waals surface area contributed by atoms with E-state index in [1.807, 2.05) is 17.5 Å². The van der Waals surface area contributed by atoms with Crippen LogP contribution in [0.2, 0.25) is 5.02 Å². The number of anilines is 1. The van der Waals surface area contributed by atoms with Crippen molar-refractivity contribution in [2.24, 2.45) is 0 Å². The van der Waals surface area contributed by atoms with Gasteiger partial charge in [-0.2, -0.15) is 0 Å². The number of hydrogen-bond donors (Lipinski definition) is 1. The van der Waals surface area contributed by atoms with Crippen LogP contribution < -0.4 is 5.32 Å². The van der Waals surface area contributed by atoms with Gasteiger partial charge in [-0.1, -0.05) is 41.4 Å². The van der Waals surface area contributed by atoms with Crippen molar-refractivity contribution in [3.63, 3.8) is 0 Å². The first-order valence-corrected chi connectivity index (χ1v) is 9.05. The van der Waals surface area contributed by atoms with Crippen LogP contribution in [0.3, 0.4) is 0 Å². The van der Waals surface area contributed by atoms with Gasteiger partial charge in [-0.05, 0) is 49.2 Å². The highest BCUT2D eigenvalue weighted by Gasteiger charge is 2.09. The van der Waals surface area contributed by atoms with Gasteiger partial charge in [0.25, 0.3) is 0 Å². The molecule has 0 spiro atoms. The van der Waals surface area contributed by atoms with E-state index in [9.17, 15) is 4.79 Å². The summed E-state index contributed by atoms with van der Waals surface area (Å²) in [6.45, 7) is 4.11. The standard InChI is InChI=1S/C20H17ClN2OS/c1-13-3-4-14(2)17(11-13)18-12-25-20(22-18)23-19(24)10-7-15-5-8-16(21)9-6-15/h3-12H,1-2H3,(H,22,23,24)/b10-7+. The zero-order chi connectivity index (χ0) is 17.8. The van der Waals surface area contributed by atoms with Crippen LogP contribution in [-0.2, 0) is 4.79 Å². The molecule has 1 N–H and O–H groups in total. The maximum absolute atomic E-state index is 12.1. The summed E-state index contributed by atoms with van der Waals surface area (Å²) in [5, 5.41) is 6.02. The zero-order valence-corrected chi connectivity index (χ0v) is 15.5. The number of carbonyl (C=O) groups is 1. The van der Waals surface area contributed by atoms with Gasteiger partial charge in [0.15, 0.2) is 5.13 Å². The second kappa shape index (κ2) is 7.64. The Morgan fingerprint density at radius 1 is 1.16 bits per heavy atom. The normalized spacial score (nSPS) is 11.0. The van der Waals surface area contributed by atoms with Crippen molar-refractivity contribution >= 4 is 40.1 Å². The van der Waals surface area contributed by atoms with Gasteiger partial charge < -0.3 is 0 Å². The Balaban J connectivity index is 1.69. The summed E-state index contributed by atoms with van der Waals surface area (Å²) in [4.78, 5) is 16.6. The average Bonchev–Trinajstić information content (AvgIpc) is 3.05. The number of rotatable bonds is 4. The molecule has 1 amide bonds. The Kier molecular flexibility index (Phi) is 5.31. The van der Waals surface area contributed by atoms with Gasteiger partial charge in [-0.3, -0.25) is 10.1 Å². The fraction of sp³-hybridized carbons (Fsp3) is 0.100. The molecule has 0 radical (unpaired) electrons. The number of benzene rings is 2. The molecule has 3 nitrogen and oxygen atoms in total. The molecule has 0 fully saturated rings. The third kappa shape index (κ3) is 4.56. The van der Waals surface area contributed by atoms with E-state index in [0.717, 1.165) is 22.4 Å².